The summed E-state index contributed by atoms with van der Waals surface area (Å²) < 4.78 is 1.93. The quantitative estimate of drug-likeness (QED) is 0.840. The van der Waals surface area contributed by atoms with Gasteiger partial charge >= 0.3 is 0 Å². The number of hydrogen-bond donors (Lipinski definition) is 0. The molecule has 0 fully saturated rings. The Morgan fingerprint density at radius 1 is 1.16 bits per heavy atom. The van der Waals surface area contributed by atoms with E-state index < -0.39 is 0 Å². The first-order valence-corrected chi connectivity index (χ1v) is 6.73. The van der Waals surface area contributed by atoms with E-state index in [9.17, 15) is 0 Å². The van der Waals surface area contributed by atoms with Gasteiger partial charge in [0.05, 0.1) is 6.20 Å². The minimum atomic E-state index is 1.08. The fourth-order valence-electron chi connectivity index (χ4n) is 2.35. The largest absolute Gasteiger partial charge is 0.309 e. The van der Waals surface area contributed by atoms with Gasteiger partial charge in [-0.15, -0.1) is 0 Å². The van der Waals surface area contributed by atoms with E-state index in [0.29, 0.717) is 0 Å². The summed E-state index contributed by atoms with van der Waals surface area (Å²) in [6, 6.07) is 6.58. The topological polar surface area (TPSA) is 21.1 Å². The summed E-state index contributed by atoms with van der Waals surface area (Å²) in [5.41, 5.74) is 6.57. The molecule has 2 rings (SSSR count). The second kappa shape index (κ2) is 5.57. The van der Waals surface area contributed by atoms with Crippen molar-refractivity contribution in [2.24, 2.45) is 7.05 Å². The lowest BCUT2D eigenvalue weighted by atomic mass is 9.95. The van der Waals surface area contributed by atoms with Crippen LogP contribution in [0.3, 0.4) is 0 Å². The van der Waals surface area contributed by atoms with E-state index in [4.69, 9.17) is 0 Å². The van der Waals surface area contributed by atoms with Crippen molar-refractivity contribution in [3.05, 3.63) is 41.2 Å². The van der Waals surface area contributed by atoms with Crippen LogP contribution in [-0.4, -0.2) is 35.3 Å². The number of nitrogens with zero attached hydrogens (tertiary/aromatic N) is 3. The maximum atomic E-state index is 4.35. The fraction of sp³-hybridized carbons (Fsp3) is 0.438. The summed E-state index contributed by atoms with van der Waals surface area (Å²) in [7, 11) is 6.22. The molecule has 0 saturated carbocycles. The smallest absolute Gasteiger partial charge is 0.0571 e. The number of likely N-dealkylation sites (N-methyl/N-ethyl adjacent to an activating group) is 1. The highest BCUT2D eigenvalue weighted by Crippen LogP contribution is 2.28. The lowest BCUT2D eigenvalue weighted by Gasteiger charge is -2.14. The summed E-state index contributed by atoms with van der Waals surface area (Å²) >= 11 is 0. The summed E-state index contributed by atoms with van der Waals surface area (Å²) in [6.07, 6.45) is 3.05. The first-order chi connectivity index (χ1) is 9.00. The summed E-state index contributed by atoms with van der Waals surface area (Å²) in [5.74, 6) is 0. The van der Waals surface area contributed by atoms with Gasteiger partial charge in [0.15, 0.2) is 0 Å². The van der Waals surface area contributed by atoms with E-state index in [1.807, 2.05) is 17.9 Å². The minimum Gasteiger partial charge on any atom is -0.309 e. The van der Waals surface area contributed by atoms with E-state index >= 15 is 0 Å². The van der Waals surface area contributed by atoms with Gasteiger partial charge in [0.1, 0.15) is 0 Å². The number of rotatable bonds is 4. The van der Waals surface area contributed by atoms with Gasteiger partial charge in [0, 0.05) is 24.8 Å². The Morgan fingerprint density at radius 2 is 1.89 bits per heavy atom. The molecular weight excluding hydrogens is 234 g/mol. The van der Waals surface area contributed by atoms with E-state index in [0.717, 1.165) is 13.0 Å². The number of hydrogen-bond acceptors (Lipinski definition) is 2. The molecule has 1 aromatic heterocycles. The number of benzene rings is 1. The zero-order valence-electron chi connectivity index (χ0n) is 12.6. The SMILES string of the molecule is Cc1c(CCN(C)C)cccc1-c1cnn(C)c1C. The summed E-state index contributed by atoms with van der Waals surface area (Å²) in [5, 5.41) is 4.35. The molecule has 0 aliphatic rings. The van der Waals surface area contributed by atoms with Gasteiger partial charge in [-0.3, -0.25) is 4.68 Å². The molecule has 1 aromatic carbocycles. The highest BCUT2D eigenvalue weighted by Gasteiger charge is 2.11. The van der Waals surface area contributed by atoms with Crippen LogP contribution in [-0.2, 0) is 13.5 Å². The average Bonchev–Trinajstić information content (AvgIpc) is 2.69. The Kier molecular flexibility index (Phi) is 4.05. The molecule has 102 valence electrons. The molecule has 0 spiro atoms. The maximum absolute atomic E-state index is 4.35. The summed E-state index contributed by atoms with van der Waals surface area (Å²) in [4.78, 5) is 2.22. The Morgan fingerprint density at radius 3 is 2.47 bits per heavy atom. The van der Waals surface area contributed by atoms with Crippen molar-refractivity contribution in [2.75, 3.05) is 20.6 Å². The standard InChI is InChI=1S/C16H23N3/c1-12-14(9-10-18(3)4)7-6-8-15(12)16-11-17-19(5)13(16)2/h6-8,11H,9-10H2,1-5H3. The van der Waals surface area contributed by atoms with E-state index in [1.165, 1.54) is 27.9 Å². The van der Waals surface area contributed by atoms with Crippen LogP contribution in [0.25, 0.3) is 11.1 Å². The lowest BCUT2D eigenvalue weighted by Crippen LogP contribution is -2.15. The van der Waals surface area contributed by atoms with Crippen molar-refractivity contribution in [3.63, 3.8) is 0 Å². The third-order valence-corrected chi connectivity index (χ3v) is 3.80. The van der Waals surface area contributed by atoms with Crippen molar-refractivity contribution in [1.29, 1.82) is 0 Å². The molecular formula is C16H23N3. The molecule has 0 bridgehead atoms. The van der Waals surface area contributed by atoms with Crippen molar-refractivity contribution < 1.29 is 0 Å². The van der Waals surface area contributed by atoms with Crippen molar-refractivity contribution in [2.45, 2.75) is 20.3 Å². The Bertz CT molecular complexity index is 567. The maximum Gasteiger partial charge on any atom is 0.0571 e. The average molecular weight is 257 g/mol. The summed E-state index contributed by atoms with van der Waals surface area (Å²) in [6.45, 7) is 5.41. The molecule has 1 heterocycles. The molecule has 0 atom stereocenters. The molecule has 0 aliphatic heterocycles. The lowest BCUT2D eigenvalue weighted by molar-refractivity contribution is 0.413. The van der Waals surface area contributed by atoms with Crippen molar-refractivity contribution in [3.8, 4) is 11.1 Å². The molecule has 3 nitrogen and oxygen atoms in total. The first kappa shape index (κ1) is 13.8. The Hall–Kier alpha value is -1.61. The highest BCUT2D eigenvalue weighted by atomic mass is 15.3. The molecule has 0 unspecified atom stereocenters. The van der Waals surface area contributed by atoms with Crippen LogP contribution in [0.1, 0.15) is 16.8 Å². The second-order valence-electron chi connectivity index (χ2n) is 5.41. The molecule has 0 radical (unpaired) electrons. The Labute approximate surface area is 115 Å². The van der Waals surface area contributed by atoms with Gasteiger partial charge < -0.3 is 4.90 Å². The van der Waals surface area contributed by atoms with Crippen molar-refractivity contribution in [1.82, 2.24) is 14.7 Å². The zero-order valence-corrected chi connectivity index (χ0v) is 12.6. The minimum absolute atomic E-state index is 1.08. The highest BCUT2D eigenvalue weighted by molar-refractivity contribution is 5.70. The van der Waals surface area contributed by atoms with Crippen LogP contribution in [0.15, 0.2) is 24.4 Å². The van der Waals surface area contributed by atoms with Gasteiger partial charge in [-0.1, -0.05) is 18.2 Å². The molecule has 0 amide bonds. The van der Waals surface area contributed by atoms with Gasteiger partial charge in [0.2, 0.25) is 0 Å². The van der Waals surface area contributed by atoms with Crippen LogP contribution in [0.4, 0.5) is 0 Å². The zero-order chi connectivity index (χ0) is 14.0. The second-order valence-corrected chi connectivity index (χ2v) is 5.41. The van der Waals surface area contributed by atoms with Crippen LogP contribution in [0, 0.1) is 13.8 Å². The van der Waals surface area contributed by atoms with E-state index in [2.05, 4.69) is 56.1 Å². The normalized spacial score (nSPS) is 11.3. The van der Waals surface area contributed by atoms with Gasteiger partial charge in [-0.25, -0.2) is 0 Å². The van der Waals surface area contributed by atoms with E-state index in [1.54, 1.807) is 0 Å². The van der Waals surface area contributed by atoms with Gasteiger partial charge in [-0.2, -0.15) is 5.10 Å². The molecule has 3 heteroatoms. The van der Waals surface area contributed by atoms with Crippen LogP contribution < -0.4 is 0 Å². The van der Waals surface area contributed by atoms with Gasteiger partial charge in [0.25, 0.3) is 0 Å². The molecule has 19 heavy (non-hydrogen) atoms. The molecule has 2 aromatic rings. The van der Waals surface area contributed by atoms with Crippen LogP contribution in [0.2, 0.25) is 0 Å². The van der Waals surface area contributed by atoms with Gasteiger partial charge in [-0.05, 0) is 51.1 Å². The first-order valence-electron chi connectivity index (χ1n) is 6.73. The molecule has 0 saturated heterocycles. The number of aryl methyl sites for hydroxylation is 1. The predicted octanol–water partition coefficient (Wildman–Crippen LogP) is 2.81. The Balaban J connectivity index is 2.37. The van der Waals surface area contributed by atoms with Crippen LogP contribution >= 0.6 is 0 Å². The molecule has 0 N–H and O–H groups in total. The third-order valence-electron chi connectivity index (χ3n) is 3.80. The number of aromatic nitrogens is 2. The third kappa shape index (κ3) is 2.87. The van der Waals surface area contributed by atoms with Crippen LogP contribution in [0.5, 0.6) is 0 Å². The van der Waals surface area contributed by atoms with E-state index in [-0.39, 0.29) is 0 Å². The fourth-order valence-corrected chi connectivity index (χ4v) is 2.35. The predicted molar refractivity (Wildman–Crippen MR) is 80.4 cm³/mol. The molecule has 0 aliphatic carbocycles. The van der Waals surface area contributed by atoms with Crippen molar-refractivity contribution >= 4 is 0 Å². The monoisotopic (exact) mass is 257 g/mol.